The van der Waals surface area contributed by atoms with Crippen molar-refractivity contribution in [3.05, 3.63) is 47.1 Å². The number of aliphatic imine (C=N–C) groups is 1. The fourth-order valence-electron chi connectivity index (χ4n) is 2.44. The predicted octanol–water partition coefficient (Wildman–Crippen LogP) is 3.57. The zero-order valence-electron chi connectivity index (χ0n) is 11.1. The van der Waals surface area contributed by atoms with Gasteiger partial charge in [0.1, 0.15) is 17.4 Å². The zero-order valence-corrected chi connectivity index (χ0v) is 12.0. The van der Waals surface area contributed by atoms with Crippen LogP contribution in [0, 0.1) is 0 Å². The van der Waals surface area contributed by atoms with Gasteiger partial charge in [-0.3, -0.25) is 0 Å². The quantitative estimate of drug-likeness (QED) is 0.745. The van der Waals surface area contributed by atoms with E-state index in [9.17, 15) is 5.11 Å². The lowest BCUT2D eigenvalue weighted by Gasteiger charge is -2.05. The normalized spacial score (nSPS) is 18.9. The van der Waals surface area contributed by atoms with Gasteiger partial charge in [-0.2, -0.15) is 4.99 Å². The van der Waals surface area contributed by atoms with Crippen LogP contribution in [0.1, 0.15) is 24.3 Å². The number of thiazole rings is 1. The summed E-state index contributed by atoms with van der Waals surface area (Å²) in [6.07, 6.45) is 1.44. The molecule has 3 heterocycles. The lowest BCUT2D eigenvalue weighted by atomic mass is 10.1. The van der Waals surface area contributed by atoms with Crippen molar-refractivity contribution < 1.29 is 9.84 Å². The van der Waals surface area contributed by atoms with Crippen molar-refractivity contribution in [3.63, 3.8) is 0 Å². The Morgan fingerprint density at radius 2 is 2.19 bits per heavy atom. The van der Waals surface area contributed by atoms with Gasteiger partial charge in [0.15, 0.2) is 0 Å². The molecule has 1 unspecified atom stereocenters. The van der Waals surface area contributed by atoms with Gasteiger partial charge in [-0.15, -0.1) is 11.3 Å². The lowest BCUT2D eigenvalue weighted by Crippen LogP contribution is -1.98. The highest BCUT2D eigenvalue weighted by molar-refractivity contribution is 7.13. The van der Waals surface area contributed by atoms with Crippen LogP contribution < -0.4 is 0 Å². The van der Waals surface area contributed by atoms with Gasteiger partial charge in [-0.05, 0) is 19.1 Å². The van der Waals surface area contributed by atoms with Crippen LogP contribution in [0.15, 0.2) is 40.8 Å². The summed E-state index contributed by atoms with van der Waals surface area (Å²) in [7, 11) is 0. The van der Waals surface area contributed by atoms with Crippen LogP contribution in [0.25, 0.3) is 10.9 Å². The molecule has 3 aromatic rings. The van der Waals surface area contributed by atoms with E-state index >= 15 is 0 Å². The Labute approximate surface area is 124 Å². The van der Waals surface area contributed by atoms with Crippen molar-refractivity contribution in [3.8, 4) is 5.75 Å². The van der Waals surface area contributed by atoms with Crippen molar-refractivity contribution >= 4 is 33.3 Å². The zero-order chi connectivity index (χ0) is 14.4. The summed E-state index contributed by atoms with van der Waals surface area (Å²) >= 11 is 1.41. The number of hydrogen-bond donors (Lipinski definition) is 1. The third-order valence-corrected chi connectivity index (χ3v) is 4.06. The maximum absolute atomic E-state index is 10.6. The van der Waals surface area contributed by atoms with Gasteiger partial charge < -0.3 is 9.84 Å². The molecule has 0 spiro atoms. The number of fused-ring (bicyclic) bond motifs is 2. The van der Waals surface area contributed by atoms with Gasteiger partial charge in [0.2, 0.25) is 11.0 Å². The van der Waals surface area contributed by atoms with E-state index in [2.05, 4.69) is 15.0 Å². The summed E-state index contributed by atoms with van der Waals surface area (Å²) in [4.78, 5) is 13.1. The maximum atomic E-state index is 10.6. The van der Waals surface area contributed by atoms with Crippen LogP contribution in [0.4, 0.5) is 5.13 Å². The summed E-state index contributed by atoms with van der Waals surface area (Å²) in [6.45, 7) is 1.89. The number of rotatable bonds is 1. The molecular formula is C15H11N3O2S. The Bertz CT molecular complexity index is 859. The number of benzene rings is 1. The molecule has 0 radical (unpaired) electrons. The first-order chi connectivity index (χ1) is 10.2. The molecule has 1 N–H and O–H groups in total. The van der Waals surface area contributed by atoms with E-state index < -0.39 is 0 Å². The molecule has 0 bridgehead atoms. The highest BCUT2D eigenvalue weighted by Crippen LogP contribution is 2.39. The molecule has 0 fully saturated rings. The first kappa shape index (κ1) is 12.3. The van der Waals surface area contributed by atoms with Crippen LogP contribution in [-0.4, -0.2) is 21.0 Å². The number of pyridine rings is 1. The predicted molar refractivity (Wildman–Crippen MR) is 81.2 cm³/mol. The first-order valence-corrected chi connectivity index (χ1v) is 7.39. The highest BCUT2D eigenvalue weighted by Gasteiger charge is 2.32. The van der Waals surface area contributed by atoms with Crippen molar-refractivity contribution in [2.24, 2.45) is 4.99 Å². The lowest BCUT2D eigenvalue weighted by molar-refractivity contribution is 0.228. The van der Waals surface area contributed by atoms with E-state index in [1.165, 1.54) is 11.3 Å². The van der Waals surface area contributed by atoms with E-state index in [-0.39, 0.29) is 11.9 Å². The molecule has 5 nitrogen and oxygen atoms in total. The van der Waals surface area contributed by atoms with E-state index in [4.69, 9.17) is 4.74 Å². The molecule has 104 valence electrons. The molecule has 1 aliphatic rings. The molecule has 1 atom stereocenters. The molecule has 0 amide bonds. The summed E-state index contributed by atoms with van der Waals surface area (Å²) in [5, 5.41) is 13.7. The Kier molecular flexibility index (Phi) is 2.65. The largest absolute Gasteiger partial charge is 0.506 e. The van der Waals surface area contributed by atoms with Crippen LogP contribution in [0.2, 0.25) is 0 Å². The van der Waals surface area contributed by atoms with Crippen LogP contribution in [0.3, 0.4) is 0 Å². The van der Waals surface area contributed by atoms with Gasteiger partial charge >= 0.3 is 0 Å². The van der Waals surface area contributed by atoms with Crippen LogP contribution in [0.5, 0.6) is 5.75 Å². The summed E-state index contributed by atoms with van der Waals surface area (Å²) in [6, 6.07) is 7.47. The number of hydrogen-bond acceptors (Lipinski definition) is 6. The smallest absolute Gasteiger partial charge is 0.230 e. The fraction of sp³-hybridized carbons (Fsp3) is 0.133. The second kappa shape index (κ2) is 4.53. The van der Waals surface area contributed by atoms with Gasteiger partial charge in [0.05, 0.1) is 11.2 Å². The fourth-order valence-corrected chi connectivity index (χ4v) is 2.94. The van der Waals surface area contributed by atoms with Gasteiger partial charge in [-0.25, -0.2) is 9.97 Å². The summed E-state index contributed by atoms with van der Waals surface area (Å²) in [5.74, 6) is 0.540. The number of aromatic nitrogens is 2. The Hall–Kier alpha value is -2.47. The van der Waals surface area contributed by atoms with Crippen molar-refractivity contribution in [1.82, 2.24) is 9.97 Å². The number of aromatic hydroxyl groups is 1. The van der Waals surface area contributed by atoms with Crippen molar-refractivity contribution in [1.29, 1.82) is 0 Å². The number of nitrogens with zero attached hydrogens (tertiary/aromatic N) is 3. The van der Waals surface area contributed by atoms with E-state index in [0.29, 0.717) is 27.7 Å². The van der Waals surface area contributed by atoms with Crippen molar-refractivity contribution in [2.75, 3.05) is 0 Å². The minimum Gasteiger partial charge on any atom is -0.506 e. The average molecular weight is 297 g/mol. The first-order valence-electron chi connectivity index (χ1n) is 6.51. The second-order valence-corrected chi connectivity index (χ2v) is 5.60. The molecule has 1 aromatic carbocycles. The molecule has 1 aliphatic heterocycles. The third kappa shape index (κ3) is 1.87. The standard InChI is InChI=1S/C15H11N3O2S/c1-8-12-11(14(20-8)18-15-16-6-7-21-15)13(19)9-4-2-3-5-10(9)17-12/h2-8H,1H3,(H,17,19)/b18-14+. The highest BCUT2D eigenvalue weighted by atomic mass is 32.1. The van der Waals surface area contributed by atoms with Gasteiger partial charge in [0.25, 0.3) is 0 Å². The molecule has 2 aromatic heterocycles. The maximum Gasteiger partial charge on any atom is 0.230 e. The molecule has 0 saturated heterocycles. The Morgan fingerprint density at radius 1 is 1.33 bits per heavy atom. The Morgan fingerprint density at radius 3 is 3.00 bits per heavy atom. The topological polar surface area (TPSA) is 67.6 Å². The Balaban J connectivity index is 1.98. The van der Waals surface area contributed by atoms with Gasteiger partial charge in [0, 0.05) is 17.0 Å². The second-order valence-electron chi connectivity index (χ2n) is 4.73. The van der Waals surface area contributed by atoms with E-state index in [1.54, 1.807) is 6.20 Å². The molecule has 21 heavy (non-hydrogen) atoms. The van der Waals surface area contributed by atoms with E-state index in [0.717, 1.165) is 5.52 Å². The number of ether oxygens (including phenoxy) is 1. The third-order valence-electron chi connectivity index (χ3n) is 3.40. The average Bonchev–Trinajstić information content (AvgIpc) is 3.09. The van der Waals surface area contributed by atoms with E-state index in [1.807, 2.05) is 36.6 Å². The number of para-hydroxylation sites is 1. The van der Waals surface area contributed by atoms with Crippen LogP contribution in [-0.2, 0) is 4.74 Å². The molecule has 4 rings (SSSR count). The molecule has 0 saturated carbocycles. The minimum absolute atomic E-state index is 0.162. The van der Waals surface area contributed by atoms with Crippen LogP contribution >= 0.6 is 11.3 Å². The molecular weight excluding hydrogens is 286 g/mol. The minimum atomic E-state index is -0.241. The molecule has 6 heteroatoms. The SMILES string of the molecule is CC1O/C(=N/c2nccs2)c2c1nc1ccccc1c2O. The summed E-state index contributed by atoms with van der Waals surface area (Å²) in [5.41, 5.74) is 2.03. The van der Waals surface area contributed by atoms with Gasteiger partial charge in [-0.1, -0.05) is 12.1 Å². The molecule has 0 aliphatic carbocycles. The van der Waals surface area contributed by atoms with Crippen molar-refractivity contribution in [2.45, 2.75) is 13.0 Å². The monoisotopic (exact) mass is 297 g/mol. The summed E-state index contributed by atoms with van der Waals surface area (Å²) < 4.78 is 5.75.